The molecular weight excluding hydrogens is 460 g/mol. The highest BCUT2D eigenvalue weighted by Crippen LogP contribution is 2.37. The second-order valence-corrected chi connectivity index (χ2v) is 9.12. The highest BCUT2D eigenvalue weighted by atomic mass is 16.5. The normalized spacial score (nSPS) is 21.6. The van der Waals surface area contributed by atoms with Crippen molar-refractivity contribution in [3.05, 3.63) is 71.8 Å². The zero-order valence-corrected chi connectivity index (χ0v) is 21.2. The van der Waals surface area contributed by atoms with E-state index in [2.05, 4.69) is 0 Å². The fourth-order valence-corrected chi connectivity index (χ4v) is 4.54. The number of hydrogen-bond acceptors (Lipinski definition) is 7. The van der Waals surface area contributed by atoms with Gasteiger partial charge < -0.3 is 29.2 Å². The molecule has 7 nitrogen and oxygen atoms in total. The number of hydrogen-bond donors (Lipinski definition) is 2. The van der Waals surface area contributed by atoms with E-state index in [-0.39, 0.29) is 37.1 Å². The smallest absolute Gasteiger partial charge is 0.306 e. The molecule has 4 atom stereocenters. The van der Waals surface area contributed by atoms with Crippen LogP contribution in [-0.2, 0) is 27.5 Å². The SMILES string of the molecule is COc1ccc(COC(=O)CCC/C=C\C[C@@H]2[C@@H](CO)[C@H](OCc3ccc(OC)cc3)C[C@@H]2O)cc1. The Morgan fingerprint density at radius 1 is 0.917 bits per heavy atom. The zero-order chi connectivity index (χ0) is 25.8. The van der Waals surface area contributed by atoms with Gasteiger partial charge in [0.1, 0.15) is 18.1 Å². The molecule has 0 heterocycles. The molecule has 0 spiro atoms. The van der Waals surface area contributed by atoms with Gasteiger partial charge in [-0.05, 0) is 60.6 Å². The molecule has 0 bridgehead atoms. The van der Waals surface area contributed by atoms with Crippen LogP contribution in [0, 0.1) is 11.8 Å². The molecular formula is C29H38O7. The quantitative estimate of drug-likeness (QED) is 0.226. The second-order valence-electron chi connectivity index (χ2n) is 9.12. The first-order chi connectivity index (χ1) is 17.5. The average Bonchev–Trinajstić information content (AvgIpc) is 3.22. The molecule has 0 unspecified atom stereocenters. The van der Waals surface area contributed by atoms with Gasteiger partial charge in [0, 0.05) is 25.4 Å². The first kappa shape index (κ1) is 27.7. The minimum Gasteiger partial charge on any atom is -0.497 e. The Bertz CT molecular complexity index is 939. The van der Waals surface area contributed by atoms with E-state index < -0.39 is 6.10 Å². The Morgan fingerprint density at radius 3 is 2.11 bits per heavy atom. The van der Waals surface area contributed by atoms with Crippen LogP contribution in [0.2, 0.25) is 0 Å². The van der Waals surface area contributed by atoms with Crippen molar-refractivity contribution in [3.63, 3.8) is 0 Å². The summed E-state index contributed by atoms with van der Waals surface area (Å²) in [6.07, 6.45) is 6.34. The Morgan fingerprint density at radius 2 is 1.53 bits per heavy atom. The third-order valence-corrected chi connectivity index (χ3v) is 6.71. The number of methoxy groups -OCH3 is 2. The first-order valence-corrected chi connectivity index (χ1v) is 12.5. The van der Waals surface area contributed by atoms with Gasteiger partial charge in [-0.3, -0.25) is 4.79 Å². The number of benzene rings is 2. The van der Waals surface area contributed by atoms with Crippen molar-refractivity contribution in [3.8, 4) is 11.5 Å². The molecule has 1 aliphatic rings. The van der Waals surface area contributed by atoms with Gasteiger partial charge in [0.15, 0.2) is 0 Å². The lowest BCUT2D eigenvalue weighted by Crippen LogP contribution is -2.26. The molecule has 1 saturated carbocycles. The molecule has 2 N–H and O–H groups in total. The van der Waals surface area contributed by atoms with Gasteiger partial charge in [0.25, 0.3) is 0 Å². The minimum absolute atomic E-state index is 0.0249. The summed E-state index contributed by atoms with van der Waals surface area (Å²) in [5.41, 5.74) is 1.94. The third kappa shape index (κ3) is 8.36. The van der Waals surface area contributed by atoms with Gasteiger partial charge in [-0.15, -0.1) is 0 Å². The van der Waals surface area contributed by atoms with Crippen molar-refractivity contribution in [1.29, 1.82) is 0 Å². The molecule has 0 aliphatic heterocycles. The lowest BCUT2D eigenvalue weighted by molar-refractivity contribution is -0.145. The van der Waals surface area contributed by atoms with Crippen LogP contribution in [0.5, 0.6) is 11.5 Å². The van der Waals surface area contributed by atoms with E-state index in [0.29, 0.717) is 32.3 Å². The van der Waals surface area contributed by atoms with Gasteiger partial charge in [0.05, 0.1) is 33.0 Å². The minimum atomic E-state index is -0.513. The summed E-state index contributed by atoms with van der Waals surface area (Å²) >= 11 is 0. The van der Waals surface area contributed by atoms with Crippen LogP contribution in [-0.4, -0.2) is 49.2 Å². The lowest BCUT2D eigenvalue weighted by Gasteiger charge is -2.23. The maximum Gasteiger partial charge on any atom is 0.306 e. The first-order valence-electron chi connectivity index (χ1n) is 12.5. The summed E-state index contributed by atoms with van der Waals surface area (Å²) in [4.78, 5) is 12.0. The zero-order valence-electron chi connectivity index (χ0n) is 21.2. The Balaban J connectivity index is 1.34. The van der Waals surface area contributed by atoms with Crippen LogP contribution in [0.4, 0.5) is 0 Å². The van der Waals surface area contributed by atoms with Crippen molar-refractivity contribution in [2.45, 2.75) is 57.5 Å². The number of esters is 1. The molecule has 0 amide bonds. The van der Waals surface area contributed by atoms with E-state index >= 15 is 0 Å². The Labute approximate surface area is 213 Å². The molecule has 0 radical (unpaired) electrons. The van der Waals surface area contributed by atoms with Crippen LogP contribution in [0.15, 0.2) is 60.7 Å². The Kier molecular flexibility index (Phi) is 11.3. The number of rotatable bonds is 14. The summed E-state index contributed by atoms with van der Waals surface area (Å²) in [5.74, 6) is 1.17. The van der Waals surface area contributed by atoms with Crippen molar-refractivity contribution in [2.24, 2.45) is 11.8 Å². The summed E-state index contributed by atoms with van der Waals surface area (Å²) in [5, 5.41) is 20.5. The predicted molar refractivity (Wildman–Crippen MR) is 137 cm³/mol. The molecule has 36 heavy (non-hydrogen) atoms. The molecule has 0 aromatic heterocycles. The van der Waals surface area contributed by atoms with Gasteiger partial charge in [-0.25, -0.2) is 0 Å². The van der Waals surface area contributed by atoms with Gasteiger partial charge in [0.2, 0.25) is 0 Å². The van der Waals surface area contributed by atoms with E-state index in [0.717, 1.165) is 29.0 Å². The second kappa shape index (κ2) is 14.6. The van der Waals surface area contributed by atoms with Crippen molar-refractivity contribution in [1.82, 2.24) is 0 Å². The molecule has 1 fully saturated rings. The fraction of sp³-hybridized carbons (Fsp3) is 0.483. The molecule has 3 rings (SSSR count). The van der Waals surface area contributed by atoms with E-state index in [1.807, 2.05) is 60.7 Å². The van der Waals surface area contributed by atoms with E-state index in [1.165, 1.54) is 0 Å². The van der Waals surface area contributed by atoms with Crippen LogP contribution in [0.3, 0.4) is 0 Å². The topological polar surface area (TPSA) is 94.5 Å². The van der Waals surface area contributed by atoms with Gasteiger partial charge in [-0.2, -0.15) is 0 Å². The number of allylic oxidation sites excluding steroid dienone is 2. The molecule has 2 aromatic carbocycles. The van der Waals surface area contributed by atoms with Crippen molar-refractivity contribution < 1.29 is 34.0 Å². The number of aliphatic hydroxyl groups is 2. The largest absolute Gasteiger partial charge is 0.497 e. The maximum atomic E-state index is 12.0. The van der Waals surface area contributed by atoms with Gasteiger partial charge in [-0.1, -0.05) is 36.4 Å². The monoisotopic (exact) mass is 498 g/mol. The highest BCUT2D eigenvalue weighted by molar-refractivity contribution is 5.69. The third-order valence-electron chi connectivity index (χ3n) is 6.71. The number of ether oxygens (including phenoxy) is 4. The van der Waals surface area contributed by atoms with Crippen molar-refractivity contribution in [2.75, 3.05) is 20.8 Å². The van der Waals surface area contributed by atoms with E-state index in [4.69, 9.17) is 18.9 Å². The predicted octanol–water partition coefficient (Wildman–Crippen LogP) is 4.44. The summed E-state index contributed by atoms with van der Waals surface area (Å²) in [6, 6.07) is 15.1. The molecule has 7 heteroatoms. The molecule has 196 valence electrons. The molecule has 2 aromatic rings. The van der Waals surface area contributed by atoms with Crippen LogP contribution >= 0.6 is 0 Å². The number of carbonyl (C=O) groups excluding carboxylic acids is 1. The molecule has 0 saturated heterocycles. The summed E-state index contributed by atoms with van der Waals surface area (Å²) in [6.45, 7) is 0.653. The van der Waals surface area contributed by atoms with E-state index in [9.17, 15) is 15.0 Å². The van der Waals surface area contributed by atoms with Crippen LogP contribution in [0.1, 0.15) is 43.2 Å². The fourth-order valence-electron chi connectivity index (χ4n) is 4.54. The summed E-state index contributed by atoms with van der Waals surface area (Å²) in [7, 11) is 3.24. The van der Waals surface area contributed by atoms with Crippen LogP contribution < -0.4 is 9.47 Å². The highest BCUT2D eigenvalue weighted by Gasteiger charge is 2.42. The maximum absolute atomic E-state index is 12.0. The van der Waals surface area contributed by atoms with Crippen molar-refractivity contribution >= 4 is 5.97 Å². The standard InChI is InChI=1S/C29H38O7/c1-33-23-13-9-21(10-14-23)19-35-28-17-27(31)25(26(28)18-30)7-5-3-4-6-8-29(32)36-20-22-11-15-24(34-2)16-12-22/h3,5,9-16,25-28,30-31H,4,6-8,17-20H2,1-2H3/b5-3-/t25-,26-,27+,28-/m1/s1. The van der Waals surface area contributed by atoms with E-state index in [1.54, 1.807) is 14.2 Å². The average molecular weight is 499 g/mol. The number of carbonyl (C=O) groups is 1. The lowest BCUT2D eigenvalue weighted by atomic mass is 9.91. The molecule has 1 aliphatic carbocycles. The summed E-state index contributed by atoms with van der Waals surface area (Å²) < 4.78 is 21.7. The number of aliphatic hydroxyl groups excluding tert-OH is 2. The Hall–Kier alpha value is -2.87. The van der Waals surface area contributed by atoms with Crippen LogP contribution in [0.25, 0.3) is 0 Å². The van der Waals surface area contributed by atoms with Gasteiger partial charge >= 0.3 is 5.97 Å². The number of unbranched alkanes of at least 4 members (excludes halogenated alkanes) is 1.